The van der Waals surface area contributed by atoms with Gasteiger partial charge in [-0.1, -0.05) is 13.3 Å². The van der Waals surface area contributed by atoms with Gasteiger partial charge in [-0.05, 0) is 31.5 Å². The van der Waals surface area contributed by atoms with Crippen molar-refractivity contribution >= 4 is 10.8 Å². The normalized spacial score (nSPS) is 10.7. The van der Waals surface area contributed by atoms with Crippen LogP contribution in [-0.2, 0) is 0 Å². The average molecular weight is 262 g/mol. The van der Waals surface area contributed by atoms with Gasteiger partial charge in [0, 0.05) is 5.39 Å². The minimum Gasteiger partial charge on any atom is -0.493 e. The fourth-order valence-electron chi connectivity index (χ4n) is 1.96. The Kier molecular flexibility index (Phi) is 4.10. The van der Waals surface area contributed by atoms with Gasteiger partial charge in [0.05, 0.1) is 19.1 Å². The van der Waals surface area contributed by atoms with Crippen molar-refractivity contribution in [3.8, 4) is 11.5 Å². The van der Waals surface area contributed by atoms with E-state index in [9.17, 15) is 4.79 Å². The molecule has 0 radical (unpaired) electrons. The summed E-state index contributed by atoms with van der Waals surface area (Å²) < 4.78 is 16.2. The smallest absolute Gasteiger partial charge is 0.343 e. The summed E-state index contributed by atoms with van der Waals surface area (Å²) >= 11 is 0. The molecule has 2 aromatic rings. The van der Waals surface area contributed by atoms with E-state index >= 15 is 0 Å². The molecule has 1 aromatic heterocycles. The SMILES string of the molecule is CCCCOc1c(OC)ccc2c(=O)oc(C)cc12. The molecule has 0 fully saturated rings. The Morgan fingerprint density at radius 1 is 1.26 bits per heavy atom. The monoisotopic (exact) mass is 262 g/mol. The van der Waals surface area contributed by atoms with E-state index in [0.717, 1.165) is 18.2 Å². The Morgan fingerprint density at radius 2 is 2.05 bits per heavy atom. The zero-order valence-corrected chi connectivity index (χ0v) is 11.5. The first-order valence-corrected chi connectivity index (χ1v) is 6.41. The molecule has 0 aliphatic rings. The summed E-state index contributed by atoms with van der Waals surface area (Å²) in [6.45, 7) is 4.45. The highest BCUT2D eigenvalue weighted by Gasteiger charge is 2.13. The molecule has 0 saturated carbocycles. The lowest BCUT2D eigenvalue weighted by Crippen LogP contribution is -2.04. The molecule has 4 heteroatoms. The third-order valence-corrected chi connectivity index (χ3v) is 2.95. The summed E-state index contributed by atoms with van der Waals surface area (Å²) in [5.74, 6) is 1.81. The molecule has 19 heavy (non-hydrogen) atoms. The Hall–Kier alpha value is -1.97. The first-order valence-electron chi connectivity index (χ1n) is 6.41. The van der Waals surface area contributed by atoms with Crippen molar-refractivity contribution in [1.29, 1.82) is 0 Å². The van der Waals surface area contributed by atoms with E-state index in [1.807, 2.05) is 0 Å². The second-order valence-electron chi connectivity index (χ2n) is 4.40. The standard InChI is InChI=1S/C15H18O4/c1-4-5-8-18-14-12-9-10(2)19-15(16)11(12)6-7-13(14)17-3/h6-7,9H,4-5,8H2,1-3H3. The highest BCUT2D eigenvalue weighted by molar-refractivity contribution is 5.90. The van der Waals surface area contributed by atoms with Gasteiger partial charge < -0.3 is 13.9 Å². The maximum absolute atomic E-state index is 11.8. The van der Waals surface area contributed by atoms with E-state index in [-0.39, 0.29) is 5.63 Å². The van der Waals surface area contributed by atoms with Gasteiger partial charge in [-0.3, -0.25) is 0 Å². The summed E-state index contributed by atoms with van der Waals surface area (Å²) in [6.07, 6.45) is 2.01. The maximum atomic E-state index is 11.8. The summed E-state index contributed by atoms with van der Waals surface area (Å²) in [4.78, 5) is 11.8. The van der Waals surface area contributed by atoms with Crippen LogP contribution in [0.2, 0.25) is 0 Å². The molecule has 1 heterocycles. The van der Waals surface area contributed by atoms with Crippen LogP contribution in [0.1, 0.15) is 25.5 Å². The van der Waals surface area contributed by atoms with E-state index in [1.165, 1.54) is 0 Å². The lowest BCUT2D eigenvalue weighted by Gasteiger charge is -2.13. The van der Waals surface area contributed by atoms with Crippen LogP contribution in [0, 0.1) is 6.92 Å². The molecule has 0 unspecified atom stereocenters. The van der Waals surface area contributed by atoms with Gasteiger partial charge in [0.15, 0.2) is 11.5 Å². The minimum absolute atomic E-state index is 0.349. The number of fused-ring (bicyclic) bond motifs is 1. The van der Waals surface area contributed by atoms with Gasteiger partial charge in [0.25, 0.3) is 0 Å². The highest BCUT2D eigenvalue weighted by atomic mass is 16.5. The summed E-state index contributed by atoms with van der Waals surface area (Å²) in [6, 6.07) is 5.24. The summed E-state index contributed by atoms with van der Waals surface area (Å²) in [5, 5.41) is 1.25. The first kappa shape index (κ1) is 13.5. The van der Waals surface area contributed by atoms with E-state index in [0.29, 0.717) is 29.3 Å². The van der Waals surface area contributed by atoms with Gasteiger partial charge in [-0.2, -0.15) is 0 Å². The van der Waals surface area contributed by atoms with Crippen LogP contribution in [0.25, 0.3) is 10.8 Å². The summed E-state index contributed by atoms with van der Waals surface area (Å²) in [5.41, 5.74) is -0.349. The molecule has 0 N–H and O–H groups in total. The van der Waals surface area contributed by atoms with Crippen LogP contribution in [0.3, 0.4) is 0 Å². The second kappa shape index (κ2) is 5.78. The van der Waals surface area contributed by atoms with Crippen molar-refractivity contribution in [3.63, 3.8) is 0 Å². The van der Waals surface area contributed by atoms with Crippen LogP contribution >= 0.6 is 0 Å². The molecule has 2 rings (SSSR count). The van der Waals surface area contributed by atoms with Crippen molar-refractivity contribution in [2.24, 2.45) is 0 Å². The van der Waals surface area contributed by atoms with Gasteiger partial charge in [0.1, 0.15) is 5.76 Å². The van der Waals surface area contributed by atoms with Gasteiger partial charge in [-0.15, -0.1) is 0 Å². The molecule has 0 atom stereocenters. The number of rotatable bonds is 5. The fourth-order valence-corrected chi connectivity index (χ4v) is 1.96. The van der Waals surface area contributed by atoms with E-state index < -0.39 is 0 Å². The second-order valence-corrected chi connectivity index (χ2v) is 4.40. The molecule has 0 aliphatic carbocycles. The zero-order chi connectivity index (χ0) is 13.8. The zero-order valence-electron chi connectivity index (χ0n) is 11.5. The summed E-state index contributed by atoms with van der Waals surface area (Å²) in [7, 11) is 1.59. The molecule has 0 spiro atoms. The highest BCUT2D eigenvalue weighted by Crippen LogP contribution is 2.34. The number of hydrogen-bond acceptors (Lipinski definition) is 4. The quantitative estimate of drug-likeness (QED) is 0.776. The van der Waals surface area contributed by atoms with Crippen molar-refractivity contribution in [3.05, 3.63) is 34.4 Å². The average Bonchev–Trinajstić information content (AvgIpc) is 2.39. The number of ether oxygens (including phenoxy) is 2. The van der Waals surface area contributed by atoms with Gasteiger partial charge >= 0.3 is 5.63 Å². The van der Waals surface area contributed by atoms with Crippen LogP contribution in [0.5, 0.6) is 11.5 Å². The van der Waals surface area contributed by atoms with Crippen LogP contribution in [0.4, 0.5) is 0 Å². The number of benzene rings is 1. The van der Waals surface area contributed by atoms with E-state index in [2.05, 4.69) is 6.92 Å². The molecular weight excluding hydrogens is 244 g/mol. The topological polar surface area (TPSA) is 48.7 Å². The molecule has 1 aromatic carbocycles. The maximum Gasteiger partial charge on any atom is 0.343 e. The van der Waals surface area contributed by atoms with Crippen molar-refractivity contribution in [2.75, 3.05) is 13.7 Å². The van der Waals surface area contributed by atoms with Gasteiger partial charge in [-0.25, -0.2) is 4.79 Å². The minimum atomic E-state index is -0.349. The number of hydrogen-bond donors (Lipinski definition) is 0. The molecule has 0 aliphatic heterocycles. The number of aryl methyl sites for hydroxylation is 1. The Bertz CT molecular complexity index is 628. The van der Waals surface area contributed by atoms with Crippen molar-refractivity contribution < 1.29 is 13.9 Å². The third-order valence-electron chi connectivity index (χ3n) is 2.95. The van der Waals surface area contributed by atoms with Crippen molar-refractivity contribution in [1.82, 2.24) is 0 Å². The molecule has 102 valence electrons. The third kappa shape index (κ3) is 2.72. The molecule has 0 bridgehead atoms. The van der Waals surface area contributed by atoms with E-state index in [4.69, 9.17) is 13.9 Å². The van der Waals surface area contributed by atoms with Crippen LogP contribution in [-0.4, -0.2) is 13.7 Å². The number of unbranched alkanes of at least 4 members (excludes halogenated alkanes) is 1. The number of methoxy groups -OCH3 is 1. The molecule has 4 nitrogen and oxygen atoms in total. The predicted molar refractivity (Wildman–Crippen MR) is 74.2 cm³/mol. The Labute approximate surface area is 111 Å². The van der Waals surface area contributed by atoms with Crippen LogP contribution < -0.4 is 15.1 Å². The van der Waals surface area contributed by atoms with Gasteiger partial charge in [0.2, 0.25) is 0 Å². The first-order chi connectivity index (χ1) is 9.17. The Balaban J connectivity index is 2.58. The van der Waals surface area contributed by atoms with Crippen LogP contribution in [0.15, 0.2) is 27.4 Å². The Morgan fingerprint density at radius 3 is 2.74 bits per heavy atom. The molecule has 0 saturated heterocycles. The predicted octanol–water partition coefficient (Wildman–Crippen LogP) is 3.29. The fraction of sp³-hybridized carbons (Fsp3) is 0.400. The molecule has 0 amide bonds. The lowest BCUT2D eigenvalue weighted by molar-refractivity contribution is 0.291. The largest absolute Gasteiger partial charge is 0.493 e. The molecular formula is C15H18O4. The van der Waals surface area contributed by atoms with Crippen molar-refractivity contribution in [2.45, 2.75) is 26.7 Å². The lowest BCUT2D eigenvalue weighted by atomic mass is 10.1. The van der Waals surface area contributed by atoms with E-state index in [1.54, 1.807) is 32.2 Å².